The zero-order valence-electron chi connectivity index (χ0n) is 13.9. The molecule has 2 aromatic carbocycles. The minimum atomic E-state index is -3.45. The summed E-state index contributed by atoms with van der Waals surface area (Å²) in [4.78, 5) is 12.3. The monoisotopic (exact) mass is 333 g/mol. The van der Waals surface area contributed by atoms with E-state index in [2.05, 4.69) is 5.32 Å². The van der Waals surface area contributed by atoms with Gasteiger partial charge >= 0.3 is 0 Å². The molecule has 5 heteroatoms. The Kier molecular flexibility index (Phi) is 5.09. The molecule has 124 valence electrons. The zero-order chi connectivity index (χ0) is 17.2. The summed E-state index contributed by atoms with van der Waals surface area (Å²) in [5.41, 5.74) is 0.950. The molecule has 0 saturated carbocycles. The van der Waals surface area contributed by atoms with Crippen molar-refractivity contribution >= 4 is 26.5 Å². The lowest BCUT2D eigenvalue weighted by Crippen LogP contribution is -2.41. The van der Waals surface area contributed by atoms with Gasteiger partial charge in [-0.3, -0.25) is 4.79 Å². The summed E-state index contributed by atoms with van der Waals surface area (Å²) in [7, 11) is -3.45. The summed E-state index contributed by atoms with van der Waals surface area (Å²) in [6, 6.07) is 13.7. The van der Waals surface area contributed by atoms with Crippen molar-refractivity contribution in [1.29, 1.82) is 0 Å². The Morgan fingerprint density at radius 3 is 2.17 bits per heavy atom. The molecule has 0 radical (unpaired) electrons. The number of carbonyl (C=O) groups excluding carboxylic acids is 1. The van der Waals surface area contributed by atoms with Gasteiger partial charge in [0.1, 0.15) is 5.25 Å². The average Bonchev–Trinajstić information content (AvgIpc) is 2.53. The van der Waals surface area contributed by atoms with Crippen molar-refractivity contribution in [3.8, 4) is 0 Å². The molecule has 0 aromatic heterocycles. The molecule has 0 aliphatic heterocycles. The second-order valence-electron chi connectivity index (χ2n) is 6.12. The van der Waals surface area contributed by atoms with Crippen LogP contribution in [0, 0.1) is 0 Å². The van der Waals surface area contributed by atoms with Gasteiger partial charge in [-0.15, -0.1) is 0 Å². The molecule has 0 unspecified atom stereocenters. The van der Waals surface area contributed by atoms with E-state index in [1.807, 2.05) is 49.4 Å². The van der Waals surface area contributed by atoms with E-state index in [4.69, 9.17) is 0 Å². The van der Waals surface area contributed by atoms with Gasteiger partial charge in [0.15, 0.2) is 9.84 Å². The van der Waals surface area contributed by atoms with Gasteiger partial charge in [0.25, 0.3) is 0 Å². The summed E-state index contributed by atoms with van der Waals surface area (Å²) >= 11 is 0. The summed E-state index contributed by atoms with van der Waals surface area (Å²) in [5, 5.41) is 3.40. The van der Waals surface area contributed by atoms with Crippen LogP contribution in [0.3, 0.4) is 0 Å². The molecule has 0 fully saturated rings. The van der Waals surface area contributed by atoms with E-state index in [0.717, 1.165) is 16.3 Å². The Labute approximate surface area is 137 Å². The van der Waals surface area contributed by atoms with E-state index >= 15 is 0 Å². The normalized spacial score (nSPS) is 14.7. The van der Waals surface area contributed by atoms with Crippen LogP contribution in [0.5, 0.6) is 0 Å². The molecule has 0 spiro atoms. The highest BCUT2D eigenvalue weighted by Gasteiger charge is 2.31. The van der Waals surface area contributed by atoms with Gasteiger partial charge in [0.05, 0.1) is 11.3 Å². The first-order chi connectivity index (χ1) is 10.7. The van der Waals surface area contributed by atoms with Gasteiger partial charge < -0.3 is 5.32 Å². The molecule has 4 nitrogen and oxygen atoms in total. The maximum absolute atomic E-state index is 12.3. The van der Waals surface area contributed by atoms with Crippen molar-refractivity contribution in [3.05, 3.63) is 48.0 Å². The van der Waals surface area contributed by atoms with E-state index in [9.17, 15) is 13.2 Å². The molecule has 0 aliphatic rings. The fourth-order valence-electron chi connectivity index (χ4n) is 2.45. The Bertz CT molecular complexity index is 812. The molecular formula is C18H23NO3S. The number of hydrogen-bond acceptors (Lipinski definition) is 3. The molecule has 0 heterocycles. The van der Waals surface area contributed by atoms with E-state index < -0.39 is 26.2 Å². The predicted octanol–water partition coefficient (Wildman–Crippen LogP) is 3.23. The van der Waals surface area contributed by atoms with Gasteiger partial charge in [-0.2, -0.15) is 0 Å². The largest absolute Gasteiger partial charge is 0.348 e. The third-order valence-electron chi connectivity index (χ3n) is 4.15. The number of benzene rings is 2. The third kappa shape index (κ3) is 3.72. The van der Waals surface area contributed by atoms with E-state index in [-0.39, 0.29) is 6.04 Å². The minimum absolute atomic E-state index is 0.253. The van der Waals surface area contributed by atoms with Crippen molar-refractivity contribution < 1.29 is 13.2 Å². The molecule has 0 saturated heterocycles. The van der Waals surface area contributed by atoms with Crippen molar-refractivity contribution in [3.63, 3.8) is 0 Å². The fraction of sp³-hybridized carbons (Fsp3) is 0.389. The fourth-order valence-corrected chi connectivity index (χ4v) is 3.63. The maximum Gasteiger partial charge on any atom is 0.238 e. The molecule has 0 bridgehead atoms. The second-order valence-corrected chi connectivity index (χ2v) is 8.94. The molecule has 1 amide bonds. The first kappa shape index (κ1) is 17.5. The highest BCUT2D eigenvalue weighted by atomic mass is 32.2. The van der Waals surface area contributed by atoms with Crippen LogP contribution in [0.4, 0.5) is 0 Å². The van der Waals surface area contributed by atoms with Gasteiger partial charge in [0, 0.05) is 0 Å². The molecular weight excluding hydrogens is 310 g/mol. The molecule has 1 N–H and O–H groups in total. The molecule has 2 rings (SSSR count). The topological polar surface area (TPSA) is 63.2 Å². The number of fused-ring (bicyclic) bond motifs is 1. The molecule has 23 heavy (non-hydrogen) atoms. The lowest BCUT2D eigenvalue weighted by Gasteiger charge is -2.20. The van der Waals surface area contributed by atoms with Crippen molar-refractivity contribution in [2.24, 2.45) is 0 Å². The van der Waals surface area contributed by atoms with Gasteiger partial charge in [-0.1, -0.05) is 36.4 Å². The smallest absolute Gasteiger partial charge is 0.238 e. The maximum atomic E-state index is 12.3. The second kappa shape index (κ2) is 6.71. The van der Waals surface area contributed by atoms with Gasteiger partial charge in [0.2, 0.25) is 5.91 Å². The van der Waals surface area contributed by atoms with E-state index in [1.54, 1.807) is 13.8 Å². The lowest BCUT2D eigenvalue weighted by molar-refractivity contribution is -0.121. The van der Waals surface area contributed by atoms with Crippen LogP contribution in [0.1, 0.15) is 39.3 Å². The number of rotatable bonds is 5. The first-order valence-electron chi connectivity index (χ1n) is 7.75. The molecule has 0 aliphatic carbocycles. The third-order valence-corrected chi connectivity index (χ3v) is 6.67. The van der Waals surface area contributed by atoms with E-state index in [0.29, 0.717) is 0 Å². The molecule has 2 atom stereocenters. The Morgan fingerprint density at radius 2 is 1.57 bits per heavy atom. The quantitative estimate of drug-likeness (QED) is 0.914. The Balaban J connectivity index is 2.17. The van der Waals surface area contributed by atoms with Crippen molar-refractivity contribution in [1.82, 2.24) is 5.32 Å². The van der Waals surface area contributed by atoms with Gasteiger partial charge in [-0.25, -0.2) is 8.42 Å². The van der Waals surface area contributed by atoms with Crippen LogP contribution in [0.2, 0.25) is 0 Å². The van der Waals surface area contributed by atoms with E-state index in [1.165, 1.54) is 6.92 Å². The van der Waals surface area contributed by atoms with Crippen LogP contribution in [-0.2, 0) is 14.6 Å². The van der Waals surface area contributed by atoms with Crippen LogP contribution in [-0.4, -0.2) is 24.8 Å². The standard InChI is InChI=1S/C18H23NO3S/c1-12(2)23(21,22)14(4)18(20)19-13(3)16-10-9-15-7-5-6-8-17(15)11-16/h5-14H,1-4H3,(H,19,20)/t13-,14+/m1/s1. The summed E-state index contributed by atoms with van der Waals surface area (Å²) in [5.74, 6) is -0.459. The van der Waals surface area contributed by atoms with Crippen molar-refractivity contribution in [2.75, 3.05) is 0 Å². The SMILES string of the molecule is CC(C)S(=O)(=O)[C@@H](C)C(=O)N[C@H](C)c1ccc2ccccc2c1. The van der Waals surface area contributed by atoms with Crippen LogP contribution in [0.15, 0.2) is 42.5 Å². The number of sulfone groups is 1. The number of hydrogen-bond donors (Lipinski definition) is 1. The Morgan fingerprint density at radius 1 is 0.957 bits per heavy atom. The summed E-state index contributed by atoms with van der Waals surface area (Å²) in [6.07, 6.45) is 0. The predicted molar refractivity (Wildman–Crippen MR) is 94.0 cm³/mol. The zero-order valence-corrected chi connectivity index (χ0v) is 14.7. The number of nitrogens with one attached hydrogen (secondary N) is 1. The summed E-state index contributed by atoms with van der Waals surface area (Å²) < 4.78 is 24.2. The average molecular weight is 333 g/mol. The highest BCUT2D eigenvalue weighted by Crippen LogP contribution is 2.21. The minimum Gasteiger partial charge on any atom is -0.348 e. The first-order valence-corrected chi connectivity index (χ1v) is 9.36. The molecule has 2 aromatic rings. The van der Waals surface area contributed by atoms with Crippen LogP contribution >= 0.6 is 0 Å². The Hall–Kier alpha value is -1.88. The summed E-state index contributed by atoms with van der Waals surface area (Å²) in [6.45, 7) is 6.48. The highest BCUT2D eigenvalue weighted by molar-refractivity contribution is 7.93. The van der Waals surface area contributed by atoms with Crippen LogP contribution in [0.25, 0.3) is 10.8 Å². The lowest BCUT2D eigenvalue weighted by atomic mass is 10.0. The number of carbonyl (C=O) groups is 1. The van der Waals surface area contributed by atoms with Crippen molar-refractivity contribution in [2.45, 2.75) is 44.2 Å². The van der Waals surface area contributed by atoms with Gasteiger partial charge in [-0.05, 0) is 50.1 Å². The number of amides is 1. The van der Waals surface area contributed by atoms with Crippen LogP contribution < -0.4 is 5.32 Å².